The Morgan fingerprint density at radius 2 is 2.12 bits per heavy atom. The van der Waals surface area contributed by atoms with Crippen LogP contribution in [-0.4, -0.2) is 16.9 Å². The normalized spacial score (nSPS) is 14.3. The summed E-state index contributed by atoms with van der Waals surface area (Å²) in [7, 11) is 0. The fourth-order valence-corrected chi connectivity index (χ4v) is 2.71. The molecule has 1 unspecified atom stereocenters. The van der Waals surface area contributed by atoms with Gasteiger partial charge in [0.1, 0.15) is 5.82 Å². The number of hydrogen-bond acceptors (Lipinski definition) is 3. The van der Waals surface area contributed by atoms with Gasteiger partial charge in [-0.2, -0.15) is 0 Å². The predicted molar refractivity (Wildman–Crippen MR) is 92.9 cm³/mol. The number of benzene rings is 1. The summed E-state index contributed by atoms with van der Waals surface area (Å²) in [6, 6.07) is 9.11. The fourth-order valence-electron chi connectivity index (χ4n) is 2.71. The summed E-state index contributed by atoms with van der Waals surface area (Å²) in [5.41, 5.74) is 3.86. The van der Waals surface area contributed by atoms with Gasteiger partial charge >= 0.3 is 6.03 Å². The molecule has 24 heavy (non-hydrogen) atoms. The van der Waals surface area contributed by atoms with Gasteiger partial charge in [-0.05, 0) is 49.1 Å². The Balaban J connectivity index is 1.66. The van der Waals surface area contributed by atoms with Crippen molar-refractivity contribution < 1.29 is 9.59 Å². The Morgan fingerprint density at radius 1 is 1.29 bits per heavy atom. The molecule has 0 fully saturated rings. The second-order valence-corrected chi connectivity index (χ2v) is 5.95. The lowest BCUT2D eigenvalue weighted by molar-refractivity contribution is -0.116. The molecule has 0 radical (unpaired) electrons. The molecule has 0 aliphatic carbocycles. The highest BCUT2D eigenvalue weighted by Crippen LogP contribution is 2.26. The second-order valence-electron chi connectivity index (χ2n) is 5.95. The molecule has 3 rings (SSSR count). The van der Waals surface area contributed by atoms with E-state index in [4.69, 9.17) is 0 Å². The van der Waals surface area contributed by atoms with Crippen molar-refractivity contribution in [1.82, 2.24) is 10.3 Å². The van der Waals surface area contributed by atoms with Gasteiger partial charge in [0.05, 0.1) is 6.04 Å². The average molecular weight is 324 g/mol. The van der Waals surface area contributed by atoms with Crippen LogP contribution in [0.4, 0.5) is 16.3 Å². The van der Waals surface area contributed by atoms with Gasteiger partial charge in [-0.25, -0.2) is 9.78 Å². The summed E-state index contributed by atoms with van der Waals surface area (Å²) in [5.74, 6) is 0.599. The van der Waals surface area contributed by atoms with Crippen molar-refractivity contribution in [2.75, 3.05) is 10.6 Å². The number of nitrogens with one attached hydrogen (secondary N) is 3. The van der Waals surface area contributed by atoms with Crippen LogP contribution in [-0.2, 0) is 11.2 Å². The lowest BCUT2D eigenvalue weighted by Gasteiger charge is -2.20. The molecular weight excluding hydrogens is 304 g/mol. The van der Waals surface area contributed by atoms with Gasteiger partial charge in [0, 0.05) is 18.3 Å². The Kier molecular flexibility index (Phi) is 4.46. The number of pyridine rings is 1. The molecule has 1 aromatic heterocycles. The quantitative estimate of drug-likeness (QED) is 0.811. The minimum atomic E-state index is -0.296. The van der Waals surface area contributed by atoms with Crippen LogP contribution in [0.5, 0.6) is 0 Å². The number of nitrogens with zero attached hydrogens (tertiary/aromatic N) is 1. The summed E-state index contributed by atoms with van der Waals surface area (Å²) in [6.45, 7) is 3.82. The van der Waals surface area contributed by atoms with Crippen molar-refractivity contribution >= 4 is 23.4 Å². The van der Waals surface area contributed by atoms with Gasteiger partial charge < -0.3 is 10.6 Å². The molecule has 124 valence electrons. The van der Waals surface area contributed by atoms with Crippen molar-refractivity contribution in [2.45, 2.75) is 32.7 Å². The van der Waals surface area contributed by atoms with Crippen LogP contribution in [0.15, 0.2) is 36.5 Å². The van der Waals surface area contributed by atoms with Crippen LogP contribution < -0.4 is 16.0 Å². The number of aryl methyl sites for hydroxylation is 2. The van der Waals surface area contributed by atoms with Crippen molar-refractivity contribution in [2.24, 2.45) is 0 Å². The lowest BCUT2D eigenvalue weighted by Crippen LogP contribution is -2.31. The summed E-state index contributed by atoms with van der Waals surface area (Å²) >= 11 is 0. The standard InChI is InChI=1S/C18H20N4O2/c1-11-4-3-9-19-17(11)22-18(24)20-12(2)13-5-7-15-14(10-13)6-8-16(23)21-15/h3-5,7,9-10,12H,6,8H2,1-2H3,(H,21,23)(H2,19,20,22,24). The molecule has 1 aromatic carbocycles. The van der Waals surface area contributed by atoms with Gasteiger partial charge in [0.2, 0.25) is 5.91 Å². The number of urea groups is 1. The number of hydrogen-bond donors (Lipinski definition) is 3. The molecule has 1 aliphatic heterocycles. The molecule has 3 amide bonds. The van der Waals surface area contributed by atoms with Gasteiger partial charge in [-0.3, -0.25) is 10.1 Å². The van der Waals surface area contributed by atoms with E-state index in [0.717, 1.165) is 28.8 Å². The van der Waals surface area contributed by atoms with Gasteiger partial charge in [-0.15, -0.1) is 0 Å². The number of anilines is 2. The highest BCUT2D eigenvalue weighted by atomic mass is 16.2. The Hall–Kier alpha value is -2.89. The van der Waals surface area contributed by atoms with E-state index in [1.54, 1.807) is 6.20 Å². The summed E-state index contributed by atoms with van der Waals surface area (Å²) in [5, 5.41) is 8.53. The van der Waals surface area contributed by atoms with Crippen LogP contribution in [0.2, 0.25) is 0 Å². The third-order valence-electron chi connectivity index (χ3n) is 4.11. The first-order chi connectivity index (χ1) is 11.5. The maximum atomic E-state index is 12.2. The van der Waals surface area contributed by atoms with Crippen LogP contribution in [0, 0.1) is 6.92 Å². The number of fused-ring (bicyclic) bond motifs is 1. The Labute approximate surface area is 140 Å². The van der Waals surface area contributed by atoms with Gasteiger partial charge in [-0.1, -0.05) is 18.2 Å². The van der Waals surface area contributed by atoms with E-state index in [1.165, 1.54) is 0 Å². The van der Waals surface area contributed by atoms with E-state index < -0.39 is 0 Å². The first-order valence-electron chi connectivity index (χ1n) is 7.95. The monoisotopic (exact) mass is 324 g/mol. The van der Waals surface area contributed by atoms with Gasteiger partial charge in [0.25, 0.3) is 0 Å². The van der Waals surface area contributed by atoms with Crippen LogP contribution >= 0.6 is 0 Å². The first kappa shape index (κ1) is 16.0. The second kappa shape index (κ2) is 6.70. The molecule has 2 heterocycles. The highest BCUT2D eigenvalue weighted by Gasteiger charge is 2.17. The zero-order valence-electron chi connectivity index (χ0n) is 13.7. The van der Waals surface area contributed by atoms with Crippen LogP contribution in [0.25, 0.3) is 0 Å². The predicted octanol–water partition coefficient (Wildman–Crippen LogP) is 3.16. The highest BCUT2D eigenvalue weighted by molar-refractivity contribution is 5.94. The minimum Gasteiger partial charge on any atom is -0.331 e. The minimum absolute atomic E-state index is 0.0477. The van der Waals surface area contributed by atoms with Crippen molar-refractivity contribution in [3.8, 4) is 0 Å². The summed E-state index contributed by atoms with van der Waals surface area (Å²) in [4.78, 5) is 27.7. The summed E-state index contributed by atoms with van der Waals surface area (Å²) in [6.07, 6.45) is 2.86. The zero-order valence-corrected chi connectivity index (χ0v) is 13.7. The molecule has 6 heteroatoms. The largest absolute Gasteiger partial charge is 0.331 e. The Bertz CT molecular complexity index is 788. The van der Waals surface area contributed by atoms with E-state index in [9.17, 15) is 9.59 Å². The number of rotatable bonds is 3. The topological polar surface area (TPSA) is 83.1 Å². The average Bonchev–Trinajstić information content (AvgIpc) is 2.56. The number of aromatic nitrogens is 1. The van der Waals surface area contributed by atoms with E-state index in [2.05, 4.69) is 20.9 Å². The third kappa shape index (κ3) is 3.53. The molecule has 1 aliphatic rings. The number of carbonyl (C=O) groups excluding carboxylic acids is 2. The molecule has 6 nitrogen and oxygen atoms in total. The molecule has 1 atom stereocenters. The molecule has 0 saturated carbocycles. The maximum Gasteiger partial charge on any atom is 0.320 e. The number of carbonyl (C=O) groups is 2. The zero-order chi connectivity index (χ0) is 17.1. The van der Waals surface area contributed by atoms with Gasteiger partial charge in [0.15, 0.2) is 0 Å². The van der Waals surface area contributed by atoms with E-state index in [1.807, 2.05) is 44.2 Å². The first-order valence-corrected chi connectivity index (χ1v) is 7.95. The van der Waals surface area contributed by atoms with Crippen molar-refractivity contribution in [3.05, 3.63) is 53.2 Å². The molecule has 2 aromatic rings. The molecule has 0 saturated heterocycles. The van der Waals surface area contributed by atoms with E-state index >= 15 is 0 Å². The van der Waals surface area contributed by atoms with Crippen molar-refractivity contribution in [3.63, 3.8) is 0 Å². The molecule has 0 bridgehead atoms. The fraction of sp³-hybridized carbons (Fsp3) is 0.278. The van der Waals surface area contributed by atoms with E-state index in [-0.39, 0.29) is 18.0 Å². The maximum absolute atomic E-state index is 12.2. The Morgan fingerprint density at radius 3 is 2.92 bits per heavy atom. The number of amides is 3. The van der Waals surface area contributed by atoms with Crippen LogP contribution in [0.1, 0.15) is 36.1 Å². The third-order valence-corrected chi connectivity index (χ3v) is 4.11. The van der Waals surface area contributed by atoms with E-state index in [0.29, 0.717) is 12.2 Å². The summed E-state index contributed by atoms with van der Waals surface area (Å²) < 4.78 is 0. The smallest absolute Gasteiger partial charge is 0.320 e. The lowest BCUT2D eigenvalue weighted by atomic mass is 9.98. The van der Waals surface area contributed by atoms with Crippen molar-refractivity contribution in [1.29, 1.82) is 0 Å². The molecule has 0 spiro atoms. The molecule has 3 N–H and O–H groups in total. The molecular formula is C18H20N4O2. The van der Waals surface area contributed by atoms with Crippen LogP contribution in [0.3, 0.4) is 0 Å². The SMILES string of the molecule is Cc1cccnc1NC(=O)NC(C)c1ccc2c(c1)CCC(=O)N2.